The Bertz CT molecular complexity index is 1420. The molecule has 0 spiro atoms. The number of carbonyl (C=O) groups excluding carboxylic acids is 1. The first-order valence-corrected chi connectivity index (χ1v) is 17.5. The predicted molar refractivity (Wildman–Crippen MR) is 184 cm³/mol. The molecule has 2 unspecified atom stereocenters. The van der Waals surface area contributed by atoms with Crippen LogP contribution in [-0.4, -0.2) is 60.9 Å². The molecule has 1 aromatic heterocycles. The molecule has 0 radical (unpaired) electrons. The fraction of sp³-hybridized carbons (Fsp3) is 0.559. The van der Waals surface area contributed by atoms with Crippen LogP contribution in [0.5, 0.6) is 5.75 Å². The van der Waals surface area contributed by atoms with Crippen LogP contribution in [0.2, 0.25) is 0 Å². The summed E-state index contributed by atoms with van der Waals surface area (Å²) in [6.07, 6.45) is 8.73. The van der Waals surface area contributed by atoms with Gasteiger partial charge in [-0.15, -0.1) is 0 Å². The van der Waals surface area contributed by atoms with Crippen LogP contribution in [0.15, 0.2) is 36.4 Å². The van der Waals surface area contributed by atoms with Crippen molar-refractivity contribution in [2.24, 2.45) is 0 Å². The van der Waals surface area contributed by atoms with Crippen LogP contribution in [0.1, 0.15) is 92.1 Å². The van der Waals surface area contributed by atoms with E-state index < -0.39 is 0 Å². The standard InChI is InChI=1S/C31H41N5O2S2.C3H8/c1-32-14-15-33-39-31-18-26(31)25-17-22(38-4)11-13-23(25)29-28(20-8-6-5-7-9-20)24-12-10-21(16-27(24)36(29)19-31)30(37)34-40-35(2)3;1-3-2/h10-13,16-17,20,26,32-33H,5-9,14-15,18-19H2,1-4H3,(H,34,37);3H2,1-2H3. The van der Waals surface area contributed by atoms with Crippen LogP contribution in [0.3, 0.4) is 0 Å². The molecule has 7 nitrogen and oxygen atoms in total. The zero-order valence-corrected chi connectivity index (χ0v) is 28.4. The first-order chi connectivity index (χ1) is 20.9. The van der Waals surface area contributed by atoms with Crippen molar-refractivity contribution in [1.29, 1.82) is 0 Å². The van der Waals surface area contributed by atoms with Crippen LogP contribution in [0, 0.1) is 0 Å². The number of carbonyl (C=O) groups is 1. The van der Waals surface area contributed by atoms with Crippen molar-refractivity contribution < 1.29 is 9.53 Å². The molecule has 43 heavy (non-hydrogen) atoms. The van der Waals surface area contributed by atoms with E-state index in [0.717, 1.165) is 31.8 Å². The number of fused-ring (bicyclic) bond motifs is 7. The zero-order chi connectivity index (χ0) is 30.6. The number of hydrogen-bond acceptors (Lipinski definition) is 7. The second-order valence-electron chi connectivity index (χ2n) is 12.3. The normalized spacial score (nSPS) is 20.9. The molecule has 6 rings (SSSR count). The minimum Gasteiger partial charge on any atom is -0.497 e. The fourth-order valence-electron chi connectivity index (χ4n) is 6.78. The molecule has 3 N–H and O–H groups in total. The van der Waals surface area contributed by atoms with E-state index in [4.69, 9.17) is 4.74 Å². The maximum absolute atomic E-state index is 13.1. The van der Waals surface area contributed by atoms with Gasteiger partial charge >= 0.3 is 0 Å². The fourth-order valence-corrected chi connectivity index (χ4v) is 8.37. The van der Waals surface area contributed by atoms with E-state index in [2.05, 4.69) is 63.5 Å². The van der Waals surface area contributed by atoms with Crippen molar-refractivity contribution in [3.8, 4) is 17.0 Å². The van der Waals surface area contributed by atoms with Gasteiger partial charge < -0.3 is 14.6 Å². The molecule has 2 heterocycles. The number of rotatable bonds is 10. The predicted octanol–water partition coefficient (Wildman–Crippen LogP) is 7.33. The molecule has 2 aliphatic carbocycles. The Balaban J connectivity index is 0.00000118. The van der Waals surface area contributed by atoms with E-state index in [-0.39, 0.29) is 10.7 Å². The summed E-state index contributed by atoms with van der Waals surface area (Å²) in [6, 6.07) is 13.1. The van der Waals surface area contributed by atoms with E-state index in [0.29, 0.717) is 17.4 Å². The average molecular weight is 624 g/mol. The van der Waals surface area contributed by atoms with Crippen LogP contribution in [-0.2, 0) is 6.54 Å². The summed E-state index contributed by atoms with van der Waals surface area (Å²) in [6.45, 7) is 7.02. The summed E-state index contributed by atoms with van der Waals surface area (Å²) in [4.78, 5) is 13.1. The molecule has 0 bridgehead atoms. The number of nitrogens with zero attached hydrogens (tertiary/aromatic N) is 2. The van der Waals surface area contributed by atoms with Gasteiger partial charge in [0, 0.05) is 59.7 Å². The molecule has 1 amide bonds. The van der Waals surface area contributed by atoms with Crippen LogP contribution in [0.25, 0.3) is 22.2 Å². The van der Waals surface area contributed by atoms with Crippen molar-refractivity contribution in [1.82, 2.24) is 23.6 Å². The monoisotopic (exact) mass is 623 g/mol. The van der Waals surface area contributed by atoms with Crippen molar-refractivity contribution in [2.75, 3.05) is 41.3 Å². The minimum absolute atomic E-state index is 0.0590. The van der Waals surface area contributed by atoms with Gasteiger partial charge in [0.15, 0.2) is 0 Å². The van der Waals surface area contributed by atoms with Gasteiger partial charge in [-0.25, -0.2) is 4.31 Å². The Kier molecular flexibility index (Phi) is 10.7. The lowest BCUT2D eigenvalue weighted by Crippen LogP contribution is -2.26. The van der Waals surface area contributed by atoms with Crippen LogP contribution in [0.4, 0.5) is 0 Å². The molecule has 2 fully saturated rings. The number of methoxy groups -OCH3 is 1. The van der Waals surface area contributed by atoms with Gasteiger partial charge in [0.05, 0.1) is 17.6 Å². The highest BCUT2D eigenvalue weighted by Crippen LogP contribution is 2.65. The van der Waals surface area contributed by atoms with E-state index in [1.807, 2.05) is 43.5 Å². The van der Waals surface area contributed by atoms with Crippen molar-refractivity contribution in [2.45, 2.75) is 81.9 Å². The molecule has 2 saturated carbocycles. The molecule has 9 heteroatoms. The summed E-state index contributed by atoms with van der Waals surface area (Å²) in [5.41, 5.74) is 7.48. The van der Waals surface area contributed by atoms with E-state index >= 15 is 0 Å². The quantitative estimate of drug-likeness (QED) is 0.161. The molecular weight excluding hydrogens is 575 g/mol. The molecule has 0 saturated heterocycles. The lowest BCUT2D eigenvalue weighted by Gasteiger charge is -2.24. The van der Waals surface area contributed by atoms with E-state index in [1.54, 1.807) is 7.11 Å². The van der Waals surface area contributed by atoms with Gasteiger partial charge in [0.2, 0.25) is 0 Å². The first-order valence-electron chi connectivity index (χ1n) is 15.9. The Morgan fingerprint density at radius 1 is 1.09 bits per heavy atom. The summed E-state index contributed by atoms with van der Waals surface area (Å²) in [5.74, 6) is 1.87. The number of hydrogen-bond donors (Lipinski definition) is 3. The lowest BCUT2D eigenvalue weighted by atomic mass is 9.81. The molecule has 1 aliphatic heterocycles. The largest absolute Gasteiger partial charge is 0.497 e. The maximum atomic E-state index is 13.1. The van der Waals surface area contributed by atoms with Gasteiger partial charge in [-0.1, -0.05) is 57.5 Å². The molecule has 3 aliphatic rings. The lowest BCUT2D eigenvalue weighted by molar-refractivity contribution is 0.0983. The molecular formula is C34H49N5O2S2. The summed E-state index contributed by atoms with van der Waals surface area (Å²) < 4.78 is 16.9. The number of ether oxygens (including phenoxy) is 1. The third kappa shape index (κ3) is 6.76. The Morgan fingerprint density at radius 3 is 2.56 bits per heavy atom. The minimum atomic E-state index is -0.0590. The number of amides is 1. The van der Waals surface area contributed by atoms with Crippen molar-refractivity contribution in [3.63, 3.8) is 0 Å². The highest BCUT2D eigenvalue weighted by atomic mass is 32.2. The Hall–Kier alpha value is -2.17. The summed E-state index contributed by atoms with van der Waals surface area (Å²) >= 11 is 3.21. The molecule has 2 atom stereocenters. The van der Waals surface area contributed by atoms with Crippen molar-refractivity contribution >= 4 is 40.9 Å². The van der Waals surface area contributed by atoms with Gasteiger partial charge in [0.1, 0.15) is 5.75 Å². The highest BCUT2D eigenvalue weighted by molar-refractivity contribution is 7.99. The van der Waals surface area contributed by atoms with Gasteiger partial charge in [-0.05, 0) is 87.8 Å². The molecule has 234 valence electrons. The van der Waals surface area contributed by atoms with Crippen LogP contribution < -0.4 is 19.5 Å². The number of nitrogens with one attached hydrogen (secondary N) is 3. The average Bonchev–Trinajstić information content (AvgIpc) is 3.66. The summed E-state index contributed by atoms with van der Waals surface area (Å²) in [5, 5.41) is 4.56. The van der Waals surface area contributed by atoms with Gasteiger partial charge in [-0.2, -0.15) is 0 Å². The van der Waals surface area contributed by atoms with E-state index in [1.165, 1.54) is 83.9 Å². The SMILES string of the molecule is CCC.CNCCNSC12CC1c1cc(OC)ccc1-c1c(C3CCCCC3)c3ccc(C(=O)NSN(C)C)cc3n1C2. The summed E-state index contributed by atoms with van der Waals surface area (Å²) in [7, 11) is 7.61. The molecule has 3 aromatic rings. The number of aromatic nitrogens is 1. The second kappa shape index (κ2) is 14.3. The third-order valence-electron chi connectivity index (χ3n) is 8.79. The van der Waals surface area contributed by atoms with Gasteiger partial charge in [-0.3, -0.25) is 14.2 Å². The Labute approximate surface area is 266 Å². The third-order valence-corrected chi connectivity index (χ3v) is 10.8. The topological polar surface area (TPSA) is 70.6 Å². The highest BCUT2D eigenvalue weighted by Gasteiger charge is 2.58. The van der Waals surface area contributed by atoms with Crippen LogP contribution >= 0.6 is 24.1 Å². The molecule has 2 aromatic carbocycles. The number of likely N-dealkylation sites (N-methyl/N-ethyl adjacent to an activating group) is 1. The Morgan fingerprint density at radius 2 is 1.86 bits per heavy atom. The van der Waals surface area contributed by atoms with E-state index in [9.17, 15) is 4.79 Å². The smallest absolute Gasteiger partial charge is 0.262 e. The second-order valence-corrected chi connectivity index (χ2v) is 14.8. The first kappa shape index (κ1) is 32.2. The zero-order valence-electron chi connectivity index (χ0n) is 26.7. The van der Waals surface area contributed by atoms with Gasteiger partial charge in [0.25, 0.3) is 5.91 Å². The van der Waals surface area contributed by atoms with Crippen molar-refractivity contribution in [3.05, 3.63) is 53.1 Å². The number of benzene rings is 2. The maximum Gasteiger partial charge on any atom is 0.262 e.